The van der Waals surface area contributed by atoms with Gasteiger partial charge in [0.25, 0.3) is 0 Å². The maximum absolute atomic E-state index is 5.79. The van der Waals surface area contributed by atoms with Gasteiger partial charge >= 0.3 is 0 Å². The molecule has 0 aliphatic rings. The number of nitrogens with zero attached hydrogens (tertiary/aromatic N) is 1. The number of hydrogen-bond acceptors (Lipinski definition) is 3. The third-order valence-electron chi connectivity index (χ3n) is 2.64. The highest BCUT2D eigenvalue weighted by Gasteiger charge is 2.07. The zero-order chi connectivity index (χ0) is 11.5. The third-order valence-corrected chi connectivity index (χ3v) is 3.51. The highest BCUT2D eigenvalue weighted by atomic mass is 32.1. The van der Waals surface area contributed by atoms with Crippen LogP contribution in [0.15, 0.2) is 29.6 Å². The average Bonchev–Trinajstić information content (AvgIpc) is 2.70. The minimum atomic E-state index is 0.0295. The summed E-state index contributed by atoms with van der Waals surface area (Å²) in [5, 5.41) is 3.19. The van der Waals surface area contributed by atoms with Crippen molar-refractivity contribution in [1.29, 1.82) is 0 Å². The third kappa shape index (κ3) is 2.49. The molecular formula is C13H16N2S. The monoisotopic (exact) mass is 232 g/mol. The highest BCUT2D eigenvalue weighted by molar-refractivity contribution is 7.09. The van der Waals surface area contributed by atoms with Gasteiger partial charge < -0.3 is 5.73 Å². The van der Waals surface area contributed by atoms with Crippen molar-refractivity contribution < 1.29 is 0 Å². The summed E-state index contributed by atoms with van der Waals surface area (Å²) in [6.07, 6.45) is 0.907. The Labute approximate surface area is 100 Å². The lowest BCUT2D eigenvalue weighted by atomic mass is 10.1. The number of rotatable bonds is 3. The largest absolute Gasteiger partial charge is 0.323 e. The molecule has 0 fully saturated rings. The zero-order valence-electron chi connectivity index (χ0n) is 9.60. The van der Waals surface area contributed by atoms with Gasteiger partial charge in [0.2, 0.25) is 0 Å². The maximum atomic E-state index is 5.79. The molecule has 0 aliphatic carbocycles. The Morgan fingerprint density at radius 2 is 2.12 bits per heavy atom. The fourth-order valence-electron chi connectivity index (χ4n) is 1.59. The van der Waals surface area contributed by atoms with E-state index in [1.54, 1.807) is 11.3 Å². The summed E-state index contributed by atoms with van der Waals surface area (Å²) in [7, 11) is 0. The van der Waals surface area contributed by atoms with E-state index in [2.05, 4.69) is 41.6 Å². The highest BCUT2D eigenvalue weighted by Crippen LogP contribution is 2.19. The van der Waals surface area contributed by atoms with Crippen molar-refractivity contribution in [2.45, 2.75) is 26.3 Å². The van der Waals surface area contributed by atoms with Gasteiger partial charge in [-0.2, -0.15) is 0 Å². The van der Waals surface area contributed by atoms with Crippen molar-refractivity contribution in [3.63, 3.8) is 0 Å². The summed E-state index contributed by atoms with van der Waals surface area (Å²) in [5.41, 5.74) is 9.45. The lowest BCUT2D eigenvalue weighted by Gasteiger charge is -2.02. The second kappa shape index (κ2) is 4.76. The summed E-state index contributed by atoms with van der Waals surface area (Å²) in [4.78, 5) is 4.54. The molecule has 1 heterocycles. The number of thiazole rings is 1. The van der Waals surface area contributed by atoms with E-state index in [9.17, 15) is 0 Å². The normalized spacial score (nSPS) is 12.7. The molecule has 3 heteroatoms. The van der Waals surface area contributed by atoms with E-state index in [1.165, 1.54) is 11.1 Å². The fraction of sp³-hybridized carbons (Fsp3) is 0.308. The molecule has 0 saturated carbocycles. The molecule has 16 heavy (non-hydrogen) atoms. The Kier molecular flexibility index (Phi) is 3.36. The van der Waals surface area contributed by atoms with Crippen LogP contribution in [0, 0.1) is 6.92 Å². The van der Waals surface area contributed by atoms with Crippen molar-refractivity contribution in [3.8, 4) is 0 Å². The molecule has 1 unspecified atom stereocenters. The number of benzene rings is 1. The standard InChI is InChI=1S/C13H16N2S/c1-9-5-3-4-6-11(9)7-13-15-12(8-16-13)10(2)14/h3-6,8,10H,7,14H2,1-2H3. The molecule has 0 aliphatic heterocycles. The summed E-state index contributed by atoms with van der Waals surface area (Å²) in [5.74, 6) is 0. The molecule has 0 amide bonds. The molecule has 1 atom stereocenters. The second-order valence-electron chi connectivity index (χ2n) is 4.06. The van der Waals surface area contributed by atoms with Crippen LogP contribution in [0.1, 0.15) is 34.8 Å². The van der Waals surface area contributed by atoms with Crippen molar-refractivity contribution in [2.75, 3.05) is 0 Å². The van der Waals surface area contributed by atoms with Crippen LogP contribution in [-0.4, -0.2) is 4.98 Å². The van der Waals surface area contributed by atoms with Gasteiger partial charge in [0.05, 0.1) is 10.7 Å². The van der Waals surface area contributed by atoms with E-state index in [-0.39, 0.29) is 6.04 Å². The number of nitrogens with two attached hydrogens (primary N) is 1. The number of hydrogen-bond donors (Lipinski definition) is 1. The Morgan fingerprint density at radius 3 is 2.75 bits per heavy atom. The molecule has 2 aromatic rings. The minimum Gasteiger partial charge on any atom is -0.323 e. The smallest absolute Gasteiger partial charge is 0.0973 e. The molecule has 0 radical (unpaired) electrons. The summed E-state index contributed by atoms with van der Waals surface area (Å²) in [6, 6.07) is 8.45. The molecule has 2 rings (SSSR count). The molecule has 1 aromatic carbocycles. The van der Waals surface area contributed by atoms with E-state index >= 15 is 0 Å². The van der Waals surface area contributed by atoms with Crippen LogP contribution in [0.4, 0.5) is 0 Å². The minimum absolute atomic E-state index is 0.0295. The van der Waals surface area contributed by atoms with Crippen LogP contribution in [0.3, 0.4) is 0 Å². The Bertz CT molecular complexity index is 474. The van der Waals surface area contributed by atoms with Gasteiger partial charge in [0, 0.05) is 17.8 Å². The lowest BCUT2D eigenvalue weighted by Crippen LogP contribution is -2.05. The van der Waals surface area contributed by atoms with Gasteiger partial charge in [-0.1, -0.05) is 24.3 Å². The van der Waals surface area contributed by atoms with Gasteiger partial charge in [-0.3, -0.25) is 0 Å². The molecule has 1 aromatic heterocycles. The number of aromatic nitrogens is 1. The van der Waals surface area contributed by atoms with Crippen LogP contribution in [-0.2, 0) is 6.42 Å². The first kappa shape index (κ1) is 11.3. The van der Waals surface area contributed by atoms with E-state index in [0.29, 0.717) is 0 Å². The molecule has 2 N–H and O–H groups in total. The van der Waals surface area contributed by atoms with E-state index in [4.69, 9.17) is 5.73 Å². The van der Waals surface area contributed by atoms with E-state index < -0.39 is 0 Å². The van der Waals surface area contributed by atoms with Crippen LogP contribution >= 0.6 is 11.3 Å². The van der Waals surface area contributed by atoms with E-state index in [1.807, 2.05) is 6.92 Å². The Balaban J connectivity index is 2.18. The molecule has 0 spiro atoms. The average molecular weight is 232 g/mol. The summed E-state index contributed by atoms with van der Waals surface area (Å²) < 4.78 is 0. The predicted octanol–water partition coefficient (Wildman–Crippen LogP) is 3.06. The van der Waals surface area contributed by atoms with Crippen molar-refractivity contribution >= 4 is 11.3 Å². The molecule has 0 saturated heterocycles. The Morgan fingerprint density at radius 1 is 1.38 bits per heavy atom. The van der Waals surface area contributed by atoms with Gasteiger partial charge in [-0.15, -0.1) is 11.3 Å². The van der Waals surface area contributed by atoms with E-state index in [0.717, 1.165) is 17.1 Å². The van der Waals surface area contributed by atoms with Crippen LogP contribution in [0.2, 0.25) is 0 Å². The zero-order valence-corrected chi connectivity index (χ0v) is 10.4. The molecular weight excluding hydrogens is 216 g/mol. The summed E-state index contributed by atoms with van der Waals surface area (Å²) >= 11 is 1.69. The second-order valence-corrected chi connectivity index (χ2v) is 5.00. The topological polar surface area (TPSA) is 38.9 Å². The number of aryl methyl sites for hydroxylation is 1. The molecule has 2 nitrogen and oxygen atoms in total. The summed E-state index contributed by atoms with van der Waals surface area (Å²) in [6.45, 7) is 4.10. The first-order valence-corrected chi connectivity index (χ1v) is 6.29. The van der Waals surface area contributed by atoms with Crippen molar-refractivity contribution in [3.05, 3.63) is 51.5 Å². The van der Waals surface area contributed by atoms with Crippen LogP contribution in [0.25, 0.3) is 0 Å². The van der Waals surface area contributed by atoms with Gasteiger partial charge in [0.1, 0.15) is 0 Å². The van der Waals surface area contributed by atoms with Crippen molar-refractivity contribution in [2.24, 2.45) is 5.73 Å². The first-order chi connectivity index (χ1) is 7.66. The molecule has 84 valence electrons. The van der Waals surface area contributed by atoms with Crippen molar-refractivity contribution in [1.82, 2.24) is 4.98 Å². The predicted molar refractivity (Wildman–Crippen MR) is 68.7 cm³/mol. The Hall–Kier alpha value is -1.19. The fourth-order valence-corrected chi connectivity index (χ4v) is 2.51. The van der Waals surface area contributed by atoms with Crippen LogP contribution in [0.5, 0.6) is 0 Å². The first-order valence-electron chi connectivity index (χ1n) is 5.41. The van der Waals surface area contributed by atoms with Crippen LogP contribution < -0.4 is 5.73 Å². The molecule has 0 bridgehead atoms. The van der Waals surface area contributed by atoms with Gasteiger partial charge in [0.15, 0.2) is 0 Å². The lowest BCUT2D eigenvalue weighted by molar-refractivity contribution is 0.783. The maximum Gasteiger partial charge on any atom is 0.0973 e. The van der Waals surface area contributed by atoms with Gasteiger partial charge in [-0.05, 0) is 25.0 Å². The van der Waals surface area contributed by atoms with Gasteiger partial charge in [-0.25, -0.2) is 4.98 Å². The SMILES string of the molecule is Cc1ccccc1Cc1nc(C(C)N)cs1. The quantitative estimate of drug-likeness (QED) is 0.883.